The van der Waals surface area contributed by atoms with E-state index < -0.39 is 5.82 Å². The van der Waals surface area contributed by atoms with Crippen LogP contribution in [0.15, 0.2) is 30.3 Å². The molecule has 1 aromatic heterocycles. The Kier molecular flexibility index (Phi) is 5.03. The van der Waals surface area contributed by atoms with Gasteiger partial charge in [0.25, 0.3) is 5.91 Å². The van der Waals surface area contributed by atoms with E-state index in [1.54, 1.807) is 11.0 Å². The number of thiophene rings is 1. The number of carbonyl (C=O) groups excluding carboxylic acids is 1. The summed E-state index contributed by atoms with van der Waals surface area (Å²) in [5.74, 6) is -0.541. The molecule has 2 aliphatic heterocycles. The van der Waals surface area contributed by atoms with Crippen molar-refractivity contribution in [2.45, 2.75) is 37.5 Å². The van der Waals surface area contributed by atoms with Crippen LogP contribution in [0.1, 0.15) is 34.5 Å². The van der Waals surface area contributed by atoms with Crippen LogP contribution in [0.25, 0.3) is 10.4 Å². The topological polar surface area (TPSA) is 81.6 Å². The van der Waals surface area contributed by atoms with Gasteiger partial charge in [0.2, 0.25) is 0 Å². The molecule has 2 aliphatic rings. The standard InChI is InChI=1S/C20H24FN3O2S/c21-15-8-13(18-2-1-17(11-22)27-18)7-14(9-15)19(25)24-5-3-20(4-6-24)10-16(23)12-26-20/h1-2,7-9,16H,3-6,10-12,22-23H2. The second-order valence-corrected chi connectivity index (χ2v) is 8.62. The van der Waals surface area contributed by atoms with Gasteiger partial charge in [-0.1, -0.05) is 0 Å². The fourth-order valence-corrected chi connectivity index (χ4v) is 4.90. The first kappa shape index (κ1) is 18.6. The summed E-state index contributed by atoms with van der Waals surface area (Å²) < 4.78 is 20.1. The summed E-state index contributed by atoms with van der Waals surface area (Å²) in [6.45, 7) is 2.25. The van der Waals surface area contributed by atoms with Crippen LogP contribution in [-0.4, -0.2) is 42.1 Å². The third-order valence-electron chi connectivity index (χ3n) is 5.49. The Labute approximate surface area is 162 Å². The lowest BCUT2D eigenvalue weighted by Gasteiger charge is -2.38. The molecule has 4 N–H and O–H groups in total. The van der Waals surface area contributed by atoms with Crippen LogP contribution in [0, 0.1) is 5.82 Å². The van der Waals surface area contributed by atoms with Gasteiger partial charge in [-0.05, 0) is 55.2 Å². The highest BCUT2D eigenvalue weighted by molar-refractivity contribution is 7.15. The lowest BCUT2D eigenvalue weighted by molar-refractivity contribution is -0.0388. The van der Waals surface area contributed by atoms with Crippen LogP contribution in [0.3, 0.4) is 0 Å². The van der Waals surface area contributed by atoms with Gasteiger partial charge in [-0.25, -0.2) is 4.39 Å². The summed E-state index contributed by atoms with van der Waals surface area (Å²) in [7, 11) is 0. The Balaban J connectivity index is 1.51. The van der Waals surface area contributed by atoms with E-state index in [1.165, 1.54) is 23.5 Å². The van der Waals surface area contributed by atoms with Crippen LogP contribution in [0.5, 0.6) is 0 Å². The Morgan fingerprint density at radius 3 is 2.70 bits per heavy atom. The number of likely N-dealkylation sites (tertiary alicyclic amines) is 1. The van der Waals surface area contributed by atoms with Gasteiger partial charge in [-0.2, -0.15) is 0 Å². The molecule has 144 valence electrons. The van der Waals surface area contributed by atoms with Crippen LogP contribution in [0.2, 0.25) is 0 Å². The smallest absolute Gasteiger partial charge is 0.253 e. The number of nitrogens with zero attached hydrogens (tertiary/aromatic N) is 1. The first-order valence-electron chi connectivity index (χ1n) is 9.27. The van der Waals surface area contributed by atoms with E-state index in [9.17, 15) is 9.18 Å². The Morgan fingerprint density at radius 1 is 1.30 bits per heavy atom. The molecule has 1 atom stereocenters. The number of rotatable bonds is 3. The van der Waals surface area contributed by atoms with Gasteiger partial charge in [-0.15, -0.1) is 11.3 Å². The second-order valence-electron chi connectivity index (χ2n) is 7.45. The van der Waals surface area contributed by atoms with Crippen molar-refractivity contribution in [3.05, 3.63) is 46.6 Å². The largest absolute Gasteiger partial charge is 0.373 e. The van der Waals surface area contributed by atoms with E-state index in [-0.39, 0.29) is 17.6 Å². The van der Waals surface area contributed by atoms with Crippen LogP contribution in [-0.2, 0) is 11.3 Å². The number of benzene rings is 1. The van der Waals surface area contributed by atoms with Crippen molar-refractivity contribution >= 4 is 17.2 Å². The van der Waals surface area contributed by atoms with Gasteiger partial charge in [0, 0.05) is 41.0 Å². The number of piperidine rings is 1. The van der Waals surface area contributed by atoms with E-state index in [4.69, 9.17) is 16.2 Å². The normalized spacial score (nSPS) is 21.7. The lowest BCUT2D eigenvalue weighted by atomic mass is 9.87. The Morgan fingerprint density at radius 2 is 2.07 bits per heavy atom. The molecule has 2 fully saturated rings. The molecule has 3 heterocycles. The summed E-state index contributed by atoms with van der Waals surface area (Å²) in [5, 5.41) is 0. The van der Waals surface area contributed by atoms with Gasteiger partial charge >= 0.3 is 0 Å². The van der Waals surface area contributed by atoms with Crippen LogP contribution < -0.4 is 11.5 Å². The fourth-order valence-electron chi connectivity index (χ4n) is 4.03. The number of halogens is 1. The van der Waals surface area contributed by atoms with Gasteiger partial charge < -0.3 is 21.1 Å². The van der Waals surface area contributed by atoms with E-state index in [0.29, 0.717) is 37.4 Å². The summed E-state index contributed by atoms with van der Waals surface area (Å²) in [6, 6.07) is 8.48. The van der Waals surface area contributed by atoms with E-state index >= 15 is 0 Å². The van der Waals surface area contributed by atoms with E-state index in [0.717, 1.165) is 29.0 Å². The number of nitrogens with two attached hydrogens (primary N) is 2. The molecule has 2 saturated heterocycles. The van der Waals surface area contributed by atoms with Crippen molar-refractivity contribution in [3.8, 4) is 10.4 Å². The van der Waals surface area contributed by atoms with Crippen molar-refractivity contribution in [2.24, 2.45) is 11.5 Å². The zero-order valence-corrected chi connectivity index (χ0v) is 15.9. The molecule has 1 aromatic carbocycles. The maximum Gasteiger partial charge on any atom is 0.253 e. The Hall–Kier alpha value is -1.80. The van der Waals surface area contributed by atoms with Gasteiger partial charge in [0.05, 0.1) is 12.2 Å². The quantitative estimate of drug-likeness (QED) is 0.846. The monoisotopic (exact) mass is 389 g/mol. The fraction of sp³-hybridized carbons (Fsp3) is 0.450. The van der Waals surface area contributed by atoms with Crippen molar-refractivity contribution in [1.82, 2.24) is 4.90 Å². The predicted octanol–water partition coefficient (Wildman–Crippen LogP) is 2.74. The van der Waals surface area contributed by atoms with Crippen molar-refractivity contribution < 1.29 is 13.9 Å². The SMILES string of the molecule is NCc1ccc(-c2cc(F)cc(C(=O)N3CCC4(CC3)CC(N)CO4)c2)s1. The maximum atomic E-state index is 14.2. The van der Waals surface area contributed by atoms with Gasteiger partial charge in [0.15, 0.2) is 0 Å². The van der Waals surface area contributed by atoms with Gasteiger partial charge in [0.1, 0.15) is 5.82 Å². The minimum Gasteiger partial charge on any atom is -0.373 e. The van der Waals surface area contributed by atoms with E-state index in [1.807, 2.05) is 12.1 Å². The molecular weight excluding hydrogens is 365 g/mol. The highest BCUT2D eigenvalue weighted by atomic mass is 32.1. The molecule has 0 saturated carbocycles. The average molecular weight is 389 g/mol. The third-order valence-corrected chi connectivity index (χ3v) is 6.65. The minimum absolute atomic E-state index is 0.0854. The number of hydrogen-bond acceptors (Lipinski definition) is 5. The Bertz CT molecular complexity index is 846. The van der Waals surface area contributed by atoms with Crippen molar-refractivity contribution in [1.29, 1.82) is 0 Å². The number of amides is 1. The third kappa shape index (κ3) is 3.78. The van der Waals surface area contributed by atoms with Gasteiger partial charge in [-0.3, -0.25) is 4.79 Å². The molecule has 5 nitrogen and oxygen atoms in total. The maximum absolute atomic E-state index is 14.2. The first-order chi connectivity index (χ1) is 13.0. The predicted molar refractivity (Wildman–Crippen MR) is 104 cm³/mol. The minimum atomic E-state index is -0.405. The average Bonchev–Trinajstić information content (AvgIpc) is 3.28. The summed E-state index contributed by atoms with van der Waals surface area (Å²) in [4.78, 5) is 16.7. The zero-order chi connectivity index (χ0) is 19.0. The molecule has 1 amide bonds. The lowest BCUT2D eigenvalue weighted by Crippen LogP contribution is -2.46. The summed E-state index contributed by atoms with van der Waals surface area (Å²) in [6.07, 6.45) is 2.40. The highest BCUT2D eigenvalue weighted by Crippen LogP contribution is 2.36. The van der Waals surface area contributed by atoms with E-state index in [2.05, 4.69) is 0 Å². The molecule has 0 bridgehead atoms. The molecule has 1 unspecified atom stereocenters. The van der Waals surface area contributed by atoms with Crippen LogP contribution >= 0.6 is 11.3 Å². The molecular formula is C20H24FN3O2S. The molecule has 0 aliphatic carbocycles. The molecule has 7 heteroatoms. The zero-order valence-electron chi connectivity index (χ0n) is 15.1. The molecule has 0 radical (unpaired) electrons. The van der Waals surface area contributed by atoms with Crippen molar-refractivity contribution in [2.75, 3.05) is 19.7 Å². The summed E-state index contributed by atoms with van der Waals surface area (Å²) in [5.41, 5.74) is 12.5. The second kappa shape index (κ2) is 7.31. The molecule has 1 spiro atoms. The number of carbonyl (C=O) groups is 1. The van der Waals surface area contributed by atoms with Crippen molar-refractivity contribution in [3.63, 3.8) is 0 Å². The highest BCUT2D eigenvalue weighted by Gasteiger charge is 2.42. The number of hydrogen-bond donors (Lipinski definition) is 2. The molecule has 27 heavy (non-hydrogen) atoms. The number of ether oxygens (including phenoxy) is 1. The first-order valence-corrected chi connectivity index (χ1v) is 10.1. The molecule has 2 aromatic rings. The molecule has 4 rings (SSSR count). The summed E-state index contributed by atoms with van der Waals surface area (Å²) >= 11 is 1.52. The van der Waals surface area contributed by atoms with Crippen LogP contribution in [0.4, 0.5) is 4.39 Å².